The molecule has 23 heavy (non-hydrogen) atoms. The maximum Gasteiger partial charge on any atom is 0.256 e. The van der Waals surface area contributed by atoms with E-state index in [0.717, 1.165) is 23.8 Å². The Morgan fingerprint density at radius 3 is 2.74 bits per heavy atom. The van der Waals surface area contributed by atoms with Gasteiger partial charge in [0.15, 0.2) is 5.16 Å². The number of carbonyl (C=O) groups excluding carboxylic acids is 1. The quantitative estimate of drug-likeness (QED) is 0.807. The molecule has 2 aromatic rings. The number of likely N-dealkylation sites (tertiary alicyclic amines) is 1. The zero-order valence-electron chi connectivity index (χ0n) is 13.1. The van der Waals surface area contributed by atoms with Gasteiger partial charge in [0.25, 0.3) is 5.91 Å². The molecule has 0 N–H and O–H groups in total. The summed E-state index contributed by atoms with van der Waals surface area (Å²) in [5, 5.41) is 1.02. The number of amides is 1. The summed E-state index contributed by atoms with van der Waals surface area (Å²) in [6.45, 7) is 1.39. The summed E-state index contributed by atoms with van der Waals surface area (Å²) in [6, 6.07) is 6.20. The van der Waals surface area contributed by atoms with Crippen LogP contribution in [0.3, 0.4) is 0 Å². The summed E-state index contributed by atoms with van der Waals surface area (Å²) in [7, 11) is 1.99. The number of hydrogen-bond acceptors (Lipinski definition) is 3. The number of piperidine rings is 1. The van der Waals surface area contributed by atoms with Crippen LogP contribution in [0.1, 0.15) is 23.2 Å². The van der Waals surface area contributed by atoms with Crippen molar-refractivity contribution in [3.63, 3.8) is 0 Å². The fourth-order valence-electron chi connectivity index (χ4n) is 2.79. The normalized spacial score (nSPS) is 15.8. The van der Waals surface area contributed by atoms with E-state index in [2.05, 4.69) is 4.98 Å². The predicted octanol–water partition coefficient (Wildman–Crippen LogP) is 3.20. The van der Waals surface area contributed by atoms with Crippen molar-refractivity contribution in [2.45, 2.75) is 18.0 Å². The van der Waals surface area contributed by atoms with Crippen molar-refractivity contribution < 1.29 is 9.18 Å². The molecule has 0 aliphatic carbocycles. The molecule has 0 spiro atoms. The van der Waals surface area contributed by atoms with E-state index in [1.807, 2.05) is 17.8 Å². The summed E-state index contributed by atoms with van der Waals surface area (Å²) in [5.41, 5.74) is 0.174. The van der Waals surface area contributed by atoms with Gasteiger partial charge in [0.1, 0.15) is 5.82 Å². The second-order valence-corrected chi connectivity index (χ2v) is 6.83. The van der Waals surface area contributed by atoms with Crippen molar-refractivity contribution in [1.29, 1.82) is 0 Å². The lowest BCUT2D eigenvalue weighted by atomic mass is 9.98. The van der Waals surface area contributed by atoms with Crippen LogP contribution in [-0.2, 0) is 7.05 Å². The van der Waals surface area contributed by atoms with E-state index in [9.17, 15) is 9.18 Å². The van der Waals surface area contributed by atoms with Crippen LogP contribution in [0.15, 0.2) is 41.8 Å². The first-order chi connectivity index (χ1) is 11.1. The minimum atomic E-state index is -0.440. The predicted molar refractivity (Wildman–Crippen MR) is 89.0 cm³/mol. The molecule has 1 aromatic heterocycles. The first-order valence-corrected chi connectivity index (χ1v) is 8.77. The largest absolute Gasteiger partial charge is 0.339 e. The number of carbonyl (C=O) groups is 1. The van der Waals surface area contributed by atoms with Gasteiger partial charge in [0, 0.05) is 38.3 Å². The smallest absolute Gasteiger partial charge is 0.256 e. The highest BCUT2D eigenvalue weighted by Gasteiger charge is 2.25. The molecular formula is C17H20FN3OS. The minimum Gasteiger partial charge on any atom is -0.339 e. The Bertz CT molecular complexity index is 680. The van der Waals surface area contributed by atoms with Crippen LogP contribution in [-0.4, -0.2) is 39.2 Å². The highest BCUT2D eigenvalue weighted by molar-refractivity contribution is 7.99. The maximum absolute atomic E-state index is 13.7. The lowest BCUT2D eigenvalue weighted by Crippen LogP contribution is -2.39. The molecule has 0 atom stereocenters. The van der Waals surface area contributed by atoms with E-state index in [1.165, 1.54) is 6.07 Å². The number of aryl methyl sites for hydroxylation is 1. The Hall–Kier alpha value is -1.82. The number of hydrogen-bond donors (Lipinski definition) is 0. The van der Waals surface area contributed by atoms with E-state index in [1.54, 1.807) is 41.1 Å². The molecule has 0 radical (unpaired) electrons. The fourth-order valence-corrected chi connectivity index (χ4v) is 3.91. The minimum absolute atomic E-state index is 0.174. The van der Waals surface area contributed by atoms with Crippen LogP contribution in [0.5, 0.6) is 0 Å². The summed E-state index contributed by atoms with van der Waals surface area (Å²) in [6.07, 6.45) is 5.66. The second-order valence-electron chi connectivity index (χ2n) is 5.85. The van der Waals surface area contributed by atoms with Gasteiger partial charge in [-0.1, -0.05) is 23.9 Å². The van der Waals surface area contributed by atoms with E-state index < -0.39 is 5.82 Å². The molecule has 3 rings (SSSR count). The van der Waals surface area contributed by atoms with Crippen LogP contribution >= 0.6 is 11.8 Å². The molecule has 2 heterocycles. The van der Waals surface area contributed by atoms with Gasteiger partial charge in [0.2, 0.25) is 0 Å². The number of aromatic nitrogens is 2. The Kier molecular flexibility index (Phi) is 5.00. The molecule has 6 heteroatoms. The van der Waals surface area contributed by atoms with E-state index in [0.29, 0.717) is 19.0 Å². The molecule has 1 saturated heterocycles. The first kappa shape index (κ1) is 16.1. The molecule has 1 aromatic carbocycles. The zero-order valence-corrected chi connectivity index (χ0v) is 13.9. The zero-order chi connectivity index (χ0) is 16.2. The Labute approximate surface area is 139 Å². The third kappa shape index (κ3) is 3.75. The number of thioether (sulfide) groups is 1. The summed E-state index contributed by atoms with van der Waals surface area (Å²) < 4.78 is 15.7. The average molecular weight is 333 g/mol. The van der Waals surface area contributed by atoms with Crippen molar-refractivity contribution in [2.75, 3.05) is 18.8 Å². The third-order valence-electron chi connectivity index (χ3n) is 4.23. The first-order valence-electron chi connectivity index (χ1n) is 7.79. The molecule has 1 aliphatic heterocycles. The molecule has 0 bridgehead atoms. The van der Waals surface area contributed by atoms with Crippen LogP contribution in [0.25, 0.3) is 0 Å². The number of imidazole rings is 1. The monoisotopic (exact) mass is 333 g/mol. The van der Waals surface area contributed by atoms with Crippen molar-refractivity contribution >= 4 is 17.7 Å². The molecule has 122 valence electrons. The van der Waals surface area contributed by atoms with Crippen LogP contribution in [0.2, 0.25) is 0 Å². The van der Waals surface area contributed by atoms with Crippen molar-refractivity contribution in [3.05, 3.63) is 48.0 Å². The number of benzene rings is 1. The van der Waals surface area contributed by atoms with E-state index in [-0.39, 0.29) is 11.5 Å². The van der Waals surface area contributed by atoms with Gasteiger partial charge < -0.3 is 9.47 Å². The van der Waals surface area contributed by atoms with Gasteiger partial charge in [0.05, 0.1) is 5.56 Å². The van der Waals surface area contributed by atoms with Gasteiger partial charge in [-0.15, -0.1) is 0 Å². The van der Waals surface area contributed by atoms with Gasteiger partial charge in [-0.3, -0.25) is 4.79 Å². The summed E-state index contributed by atoms with van der Waals surface area (Å²) in [5.74, 6) is 0.941. The standard InChI is InChI=1S/C17H20FN3OS/c1-20-11-8-19-17(20)23-12-13-6-9-21(10-7-13)16(22)14-4-2-3-5-15(14)18/h2-5,8,11,13H,6-7,9-10,12H2,1H3. The Morgan fingerprint density at radius 2 is 2.09 bits per heavy atom. The highest BCUT2D eigenvalue weighted by Crippen LogP contribution is 2.26. The number of rotatable bonds is 4. The maximum atomic E-state index is 13.7. The van der Waals surface area contributed by atoms with Crippen LogP contribution in [0, 0.1) is 11.7 Å². The van der Waals surface area contributed by atoms with Gasteiger partial charge in [-0.05, 0) is 30.9 Å². The molecule has 0 unspecified atom stereocenters. The van der Waals surface area contributed by atoms with E-state index in [4.69, 9.17) is 0 Å². The lowest BCUT2D eigenvalue weighted by molar-refractivity contribution is 0.0694. The second kappa shape index (κ2) is 7.17. The Morgan fingerprint density at radius 1 is 1.35 bits per heavy atom. The van der Waals surface area contributed by atoms with Crippen LogP contribution in [0.4, 0.5) is 4.39 Å². The molecule has 1 aliphatic rings. The average Bonchev–Trinajstić information content (AvgIpc) is 2.98. The van der Waals surface area contributed by atoms with Gasteiger partial charge in [-0.25, -0.2) is 9.37 Å². The summed E-state index contributed by atoms with van der Waals surface area (Å²) >= 11 is 1.76. The lowest BCUT2D eigenvalue weighted by Gasteiger charge is -2.32. The van der Waals surface area contributed by atoms with E-state index >= 15 is 0 Å². The number of halogens is 1. The number of nitrogens with zero attached hydrogens (tertiary/aromatic N) is 3. The van der Waals surface area contributed by atoms with Crippen molar-refractivity contribution in [1.82, 2.24) is 14.5 Å². The van der Waals surface area contributed by atoms with Crippen molar-refractivity contribution in [2.24, 2.45) is 13.0 Å². The fraction of sp³-hybridized carbons (Fsp3) is 0.412. The van der Waals surface area contributed by atoms with Gasteiger partial charge in [-0.2, -0.15) is 0 Å². The third-order valence-corrected chi connectivity index (χ3v) is 5.52. The van der Waals surface area contributed by atoms with Crippen LogP contribution < -0.4 is 0 Å². The molecule has 0 saturated carbocycles. The molecule has 4 nitrogen and oxygen atoms in total. The molecule has 1 amide bonds. The Balaban J connectivity index is 1.51. The molecule has 1 fully saturated rings. The molecular weight excluding hydrogens is 313 g/mol. The van der Waals surface area contributed by atoms with Gasteiger partial charge >= 0.3 is 0 Å². The highest BCUT2D eigenvalue weighted by atomic mass is 32.2. The SMILES string of the molecule is Cn1ccnc1SCC1CCN(C(=O)c2ccccc2F)CC1. The topological polar surface area (TPSA) is 38.1 Å². The van der Waals surface area contributed by atoms with Crippen molar-refractivity contribution in [3.8, 4) is 0 Å². The summed E-state index contributed by atoms with van der Waals surface area (Å²) in [4.78, 5) is 18.5.